The summed E-state index contributed by atoms with van der Waals surface area (Å²) in [5, 5.41) is 3.05. The zero-order chi connectivity index (χ0) is 30.9. The number of rotatable bonds is 11. The van der Waals surface area contributed by atoms with Gasteiger partial charge in [-0.3, -0.25) is 4.90 Å². The van der Waals surface area contributed by atoms with E-state index >= 15 is 0 Å². The average Bonchev–Trinajstić information content (AvgIpc) is 3.04. The molecule has 10 heteroatoms. The Labute approximate surface area is 257 Å². The number of nitrogens with one attached hydrogen (secondary N) is 1. The van der Waals surface area contributed by atoms with Gasteiger partial charge in [0, 0.05) is 30.4 Å². The van der Waals surface area contributed by atoms with E-state index in [-0.39, 0.29) is 18.3 Å². The molecule has 1 aromatic heterocycles. The number of carbonyl (C=O) groups is 1. The number of methoxy groups -OCH3 is 1. The molecule has 1 unspecified atom stereocenters. The van der Waals surface area contributed by atoms with Crippen LogP contribution in [0.2, 0.25) is 0 Å². The van der Waals surface area contributed by atoms with Crippen molar-refractivity contribution in [2.45, 2.75) is 32.4 Å². The van der Waals surface area contributed by atoms with E-state index < -0.39 is 18.0 Å². The van der Waals surface area contributed by atoms with Crippen LogP contribution in [-0.4, -0.2) is 54.8 Å². The summed E-state index contributed by atoms with van der Waals surface area (Å²) >= 11 is 0. The van der Waals surface area contributed by atoms with Crippen molar-refractivity contribution in [1.82, 2.24) is 14.9 Å². The number of hydrogen-bond donors (Lipinski definition) is 1. The summed E-state index contributed by atoms with van der Waals surface area (Å²) in [6.45, 7) is 4.46. The monoisotopic (exact) mass is 599 g/mol. The zero-order valence-electron chi connectivity index (χ0n) is 25.3. The smallest absolute Gasteiger partial charge is 0.416 e. The van der Waals surface area contributed by atoms with Crippen LogP contribution in [0.3, 0.4) is 0 Å². The number of carbonyl (C=O) groups excluding carboxylic acids is 1. The fraction of sp³-hybridized carbons (Fsp3) is 0.324. The number of piperidine rings is 1. The summed E-state index contributed by atoms with van der Waals surface area (Å²) in [5.41, 5.74) is 2.14. The molecule has 3 aromatic carbocycles. The van der Waals surface area contributed by atoms with Crippen LogP contribution in [0.25, 0.3) is 0 Å². The van der Waals surface area contributed by atoms with Crippen LogP contribution < -0.4 is 19.7 Å². The summed E-state index contributed by atoms with van der Waals surface area (Å²) in [7, 11) is 3.68. The van der Waals surface area contributed by atoms with Crippen molar-refractivity contribution in [2.24, 2.45) is 5.92 Å². The Kier molecular flexibility index (Phi) is 10.2. The van der Waals surface area contributed by atoms with E-state index in [0.29, 0.717) is 29.8 Å². The third kappa shape index (κ3) is 8.02. The van der Waals surface area contributed by atoms with E-state index in [1.165, 1.54) is 11.0 Å². The Morgan fingerprint density at radius 1 is 1.11 bits per heavy atom. The molecule has 0 saturated carbocycles. The standard InChI is InChI=1S/C34H38FN5O4/c1-24(27-11-5-4-6-12-27)40(34(41)44-22-25-9-7-13-29(19-25)42-3)32-16-17-36-33(38-32)37-28-14-15-31(30(35)20-28)43-23-26-10-8-18-39(2)21-26/h4-7,9,11-17,19-20,24,26H,8,10,18,21-23H2,1-3H3,(H,36,37,38)/t24-,26?/m0/s1. The molecule has 9 nitrogen and oxygen atoms in total. The predicted molar refractivity (Wildman–Crippen MR) is 168 cm³/mol. The molecule has 2 atom stereocenters. The lowest BCUT2D eigenvalue weighted by atomic mass is 10.00. The maximum Gasteiger partial charge on any atom is 0.416 e. The average molecular weight is 600 g/mol. The number of ether oxygens (including phenoxy) is 3. The highest BCUT2D eigenvalue weighted by molar-refractivity contribution is 5.87. The molecule has 0 bridgehead atoms. The van der Waals surface area contributed by atoms with Gasteiger partial charge in [0.2, 0.25) is 5.95 Å². The molecule has 230 valence electrons. The third-order valence-electron chi connectivity index (χ3n) is 7.63. The lowest BCUT2D eigenvalue weighted by Crippen LogP contribution is -2.35. The van der Waals surface area contributed by atoms with Gasteiger partial charge in [-0.2, -0.15) is 4.98 Å². The number of halogens is 1. The van der Waals surface area contributed by atoms with Crippen molar-refractivity contribution in [2.75, 3.05) is 44.1 Å². The molecule has 0 spiro atoms. The van der Waals surface area contributed by atoms with E-state index in [2.05, 4.69) is 27.2 Å². The summed E-state index contributed by atoms with van der Waals surface area (Å²) in [6, 6.07) is 22.9. The molecule has 1 aliphatic rings. The van der Waals surface area contributed by atoms with Gasteiger partial charge in [0.25, 0.3) is 0 Å². The molecule has 1 amide bonds. The number of hydrogen-bond acceptors (Lipinski definition) is 8. The molecule has 1 fully saturated rings. The summed E-state index contributed by atoms with van der Waals surface area (Å²) in [5.74, 6) is 1.31. The highest BCUT2D eigenvalue weighted by Crippen LogP contribution is 2.29. The summed E-state index contributed by atoms with van der Waals surface area (Å²) in [4.78, 5) is 26.2. The van der Waals surface area contributed by atoms with Crippen LogP contribution in [0.4, 0.5) is 26.6 Å². The Hall–Kier alpha value is -4.70. The molecule has 1 aliphatic heterocycles. The first-order valence-corrected chi connectivity index (χ1v) is 14.7. The van der Waals surface area contributed by atoms with E-state index in [1.54, 1.807) is 31.5 Å². The molecule has 5 rings (SSSR count). The lowest BCUT2D eigenvalue weighted by molar-refractivity contribution is 0.144. The molecular formula is C34H38FN5O4. The minimum atomic E-state index is -0.578. The van der Waals surface area contributed by atoms with Crippen LogP contribution in [-0.2, 0) is 11.3 Å². The maximum atomic E-state index is 15.0. The van der Waals surface area contributed by atoms with Crippen molar-refractivity contribution in [3.8, 4) is 11.5 Å². The van der Waals surface area contributed by atoms with Crippen molar-refractivity contribution >= 4 is 23.5 Å². The number of amides is 1. The van der Waals surface area contributed by atoms with Crippen LogP contribution in [0.5, 0.6) is 11.5 Å². The molecule has 44 heavy (non-hydrogen) atoms. The van der Waals surface area contributed by atoms with Crippen LogP contribution in [0.15, 0.2) is 85.1 Å². The topological polar surface area (TPSA) is 89.0 Å². The molecule has 1 N–H and O–H groups in total. The molecule has 0 radical (unpaired) electrons. The third-order valence-corrected chi connectivity index (χ3v) is 7.63. The Bertz CT molecular complexity index is 1540. The minimum absolute atomic E-state index is 0.0510. The first-order valence-electron chi connectivity index (χ1n) is 14.7. The largest absolute Gasteiger partial charge is 0.497 e. The second kappa shape index (κ2) is 14.7. The first kappa shape index (κ1) is 30.7. The fourth-order valence-electron chi connectivity index (χ4n) is 5.29. The zero-order valence-corrected chi connectivity index (χ0v) is 25.3. The number of nitrogens with zero attached hydrogens (tertiary/aromatic N) is 4. The van der Waals surface area contributed by atoms with Gasteiger partial charge in [0.15, 0.2) is 11.6 Å². The second-order valence-electron chi connectivity index (χ2n) is 11.0. The molecule has 1 saturated heterocycles. The van der Waals surface area contributed by atoms with Crippen LogP contribution in [0, 0.1) is 11.7 Å². The van der Waals surface area contributed by atoms with Crippen molar-refractivity contribution < 1.29 is 23.4 Å². The van der Waals surface area contributed by atoms with Crippen LogP contribution in [0.1, 0.15) is 36.9 Å². The molecule has 4 aromatic rings. The van der Waals surface area contributed by atoms with Gasteiger partial charge in [0.1, 0.15) is 18.2 Å². The quantitative estimate of drug-likeness (QED) is 0.197. The fourth-order valence-corrected chi connectivity index (χ4v) is 5.29. The number of likely N-dealkylation sites (tertiary alicyclic amines) is 1. The van der Waals surface area contributed by atoms with Gasteiger partial charge in [-0.1, -0.05) is 42.5 Å². The predicted octanol–water partition coefficient (Wildman–Crippen LogP) is 6.99. The number of aromatic nitrogens is 2. The minimum Gasteiger partial charge on any atom is -0.497 e. The van der Waals surface area contributed by atoms with Crippen LogP contribution >= 0.6 is 0 Å². The molecule has 2 heterocycles. The lowest BCUT2D eigenvalue weighted by Gasteiger charge is -2.29. The van der Waals surface area contributed by atoms with Gasteiger partial charge in [0.05, 0.1) is 19.8 Å². The number of benzene rings is 3. The highest BCUT2D eigenvalue weighted by atomic mass is 19.1. The second-order valence-corrected chi connectivity index (χ2v) is 11.0. The van der Waals surface area contributed by atoms with Gasteiger partial charge in [-0.25, -0.2) is 14.2 Å². The Morgan fingerprint density at radius 2 is 1.95 bits per heavy atom. The van der Waals surface area contributed by atoms with Gasteiger partial charge >= 0.3 is 6.09 Å². The molecule has 0 aliphatic carbocycles. The van der Waals surface area contributed by atoms with E-state index in [1.807, 2.05) is 61.5 Å². The van der Waals surface area contributed by atoms with Crippen molar-refractivity contribution in [3.63, 3.8) is 0 Å². The van der Waals surface area contributed by atoms with Crippen molar-refractivity contribution in [3.05, 3.63) is 102 Å². The summed E-state index contributed by atoms with van der Waals surface area (Å²) in [6.07, 6.45) is 3.16. The first-order chi connectivity index (χ1) is 21.4. The normalized spacial score (nSPS) is 15.7. The Morgan fingerprint density at radius 3 is 2.73 bits per heavy atom. The number of anilines is 3. The maximum absolute atomic E-state index is 15.0. The van der Waals surface area contributed by atoms with E-state index in [9.17, 15) is 9.18 Å². The van der Waals surface area contributed by atoms with E-state index in [4.69, 9.17) is 14.2 Å². The van der Waals surface area contributed by atoms with E-state index in [0.717, 1.165) is 37.1 Å². The summed E-state index contributed by atoms with van der Waals surface area (Å²) < 4.78 is 31.8. The van der Waals surface area contributed by atoms with Crippen molar-refractivity contribution in [1.29, 1.82) is 0 Å². The van der Waals surface area contributed by atoms with Gasteiger partial charge in [-0.05, 0) is 74.8 Å². The van der Waals surface area contributed by atoms with Gasteiger partial charge < -0.3 is 24.4 Å². The van der Waals surface area contributed by atoms with Gasteiger partial charge in [-0.15, -0.1) is 0 Å². The Balaban J connectivity index is 1.31. The molecular weight excluding hydrogens is 561 g/mol. The highest BCUT2D eigenvalue weighted by Gasteiger charge is 2.27. The SMILES string of the molecule is COc1cccc(COC(=O)N(c2ccnc(Nc3ccc(OCC4CCCN(C)C4)c(F)c3)n2)[C@@H](C)c2ccccc2)c1.